The van der Waals surface area contributed by atoms with Crippen LogP contribution in [-0.2, 0) is 19.2 Å². The van der Waals surface area contributed by atoms with Crippen molar-refractivity contribution < 1.29 is 28.7 Å². The van der Waals surface area contributed by atoms with Crippen LogP contribution in [0.5, 0.6) is 0 Å². The van der Waals surface area contributed by atoms with Crippen molar-refractivity contribution in [2.75, 3.05) is 30.5 Å². The standard InChI is InChI=1S/C22H24FN7O5S4/c1-2-36-17(24)10-7-26-5-3-12(10)39-13-9-37-20-15(19(32)30(20)16(13)21(33)34)28-18(31)14(29-35-6-4-23)11-8-38-22(25)27-11/h3,5,7-8,15,17,20H,2,4,6,9,24H2,1H3,(H2,25,27)(H,28,31)(H,33,34)/t15-,17?,20+/m1/s1. The van der Waals surface area contributed by atoms with Gasteiger partial charge in [-0.1, -0.05) is 23.8 Å². The van der Waals surface area contributed by atoms with Crippen LogP contribution in [0.15, 0.2) is 44.5 Å². The number of amides is 2. The van der Waals surface area contributed by atoms with Crippen molar-refractivity contribution in [1.29, 1.82) is 0 Å². The molecular weight excluding hydrogens is 590 g/mol. The van der Waals surface area contributed by atoms with Crippen LogP contribution in [0.3, 0.4) is 0 Å². The fourth-order valence-corrected chi connectivity index (χ4v) is 7.68. The molecule has 0 saturated carbocycles. The van der Waals surface area contributed by atoms with Crippen LogP contribution in [0.4, 0.5) is 9.52 Å². The van der Waals surface area contributed by atoms with E-state index in [1.165, 1.54) is 45.6 Å². The third-order valence-electron chi connectivity index (χ3n) is 5.42. The number of anilines is 1. The topological polar surface area (TPSA) is 186 Å². The van der Waals surface area contributed by atoms with Gasteiger partial charge >= 0.3 is 5.97 Å². The van der Waals surface area contributed by atoms with E-state index in [1.54, 1.807) is 18.5 Å². The van der Waals surface area contributed by atoms with Crippen molar-refractivity contribution in [2.45, 2.75) is 28.6 Å². The number of nitrogens with zero attached hydrogens (tertiary/aromatic N) is 4. The van der Waals surface area contributed by atoms with E-state index in [4.69, 9.17) is 16.3 Å². The average molecular weight is 614 g/mol. The smallest absolute Gasteiger partial charge is 0.353 e. The van der Waals surface area contributed by atoms with E-state index in [1.807, 2.05) is 6.92 Å². The number of halogens is 1. The molecule has 12 nitrogen and oxygen atoms in total. The number of rotatable bonds is 12. The zero-order valence-electron chi connectivity index (χ0n) is 20.4. The molecule has 4 heterocycles. The highest BCUT2D eigenvalue weighted by molar-refractivity contribution is 8.06. The Hall–Kier alpha value is -2.86. The molecule has 2 aromatic heterocycles. The molecule has 2 aromatic rings. The summed E-state index contributed by atoms with van der Waals surface area (Å²) in [6.07, 6.45) is 3.25. The molecule has 3 atom stereocenters. The number of carboxylic acid groups (broad SMARTS) is 1. The van der Waals surface area contributed by atoms with Crippen LogP contribution in [0.25, 0.3) is 0 Å². The molecule has 4 rings (SSSR count). The van der Waals surface area contributed by atoms with Crippen molar-refractivity contribution in [1.82, 2.24) is 20.2 Å². The molecule has 2 amide bonds. The van der Waals surface area contributed by atoms with E-state index >= 15 is 0 Å². The number of oxime groups is 1. The second kappa shape index (κ2) is 13.0. The summed E-state index contributed by atoms with van der Waals surface area (Å²) in [6.45, 7) is 0.792. The van der Waals surface area contributed by atoms with Crippen molar-refractivity contribution in [2.24, 2.45) is 10.9 Å². The maximum atomic E-state index is 13.1. The quantitative estimate of drug-likeness (QED) is 0.0898. The summed E-state index contributed by atoms with van der Waals surface area (Å²) in [5.41, 5.74) is 12.4. The number of nitrogens with one attached hydrogen (secondary N) is 1. The Morgan fingerprint density at radius 3 is 2.92 bits per heavy atom. The van der Waals surface area contributed by atoms with Crippen LogP contribution in [-0.4, -0.2) is 79.7 Å². The highest BCUT2D eigenvalue weighted by Crippen LogP contribution is 2.46. The largest absolute Gasteiger partial charge is 0.477 e. The monoisotopic (exact) mass is 613 g/mol. The number of aliphatic carboxylic acids is 1. The number of nitrogens with two attached hydrogens (primary N) is 2. The summed E-state index contributed by atoms with van der Waals surface area (Å²) in [4.78, 5) is 53.8. The van der Waals surface area contributed by atoms with Gasteiger partial charge in [-0.2, -0.15) is 0 Å². The summed E-state index contributed by atoms with van der Waals surface area (Å²) in [5.74, 6) is -1.56. The molecule has 17 heteroatoms. The van der Waals surface area contributed by atoms with Gasteiger partial charge in [0.1, 0.15) is 36.1 Å². The van der Waals surface area contributed by atoms with Crippen LogP contribution in [0.1, 0.15) is 23.6 Å². The summed E-state index contributed by atoms with van der Waals surface area (Å²) in [5, 5.41) is 16.9. The summed E-state index contributed by atoms with van der Waals surface area (Å²) >= 11 is 5.14. The van der Waals surface area contributed by atoms with Gasteiger partial charge in [-0.15, -0.1) is 34.9 Å². The highest BCUT2D eigenvalue weighted by Gasteiger charge is 2.54. The number of fused-ring (bicyclic) bond motifs is 1. The molecule has 2 aliphatic heterocycles. The fraction of sp³-hybridized carbons (Fsp3) is 0.364. The Balaban J connectivity index is 1.54. The number of alkyl halides is 1. The Kier molecular flexibility index (Phi) is 9.71. The maximum Gasteiger partial charge on any atom is 0.353 e. The molecule has 0 spiro atoms. The molecule has 2 aliphatic rings. The number of aromatic nitrogens is 2. The van der Waals surface area contributed by atoms with Crippen LogP contribution >= 0.6 is 46.6 Å². The van der Waals surface area contributed by atoms with Crippen molar-refractivity contribution in [3.8, 4) is 0 Å². The highest BCUT2D eigenvalue weighted by atomic mass is 32.2. The van der Waals surface area contributed by atoms with Crippen LogP contribution in [0, 0.1) is 0 Å². The normalized spacial score (nSPS) is 19.8. The minimum atomic E-state index is -1.26. The number of carbonyl (C=O) groups excluding carboxylic acids is 2. The molecule has 1 unspecified atom stereocenters. The van der Waals surface area contributed by atoms with E-state index in [2.05, 4.69) is 20.4 Å². The maximum absolute atomic E-state index is 13.1. The predicted octanol–water partition coefficient (Wildman–Crippen LogP) is 2.01. The van der Waals surface area contributed by atoms with E-state index in [0.29, 0.717) is 4.91 Å². The number of carboxylic acids is 1. The molecule has 1 fully saturated rings. The first-order chi connectivity index (χ1) is 18.8. The Bertz CT molecular complexity index is 1320. The van der Waals surface area contributed by atoms with Crippen molar-refractivity contribution in [3.63, 3.8) is 0 Å². The third-order valence-corrected chi connectivity index (χ3v) is 9.68. The van der Waals surface area contributed by atoms with Gasteiger partial charge in [0.2, 0.25) is 0 Å². The molecule has 0 aliphatic carbocycles. The molecule has 0 bridgehead atoms. The van der Waals surface area contributed by atoms with Crippen molar-refractivity contribution in [3.05, 3.63) is 45.7 Å². The van der Waals surface area contributed by atoms with E-state index < -0.39 is 35.9 Å². The van der Waals surface area contributed by atoms with Gasteiger partial charge in [0.25, 0.3) is 11.8 Å². The predicted molar refractivity (Wildman–Crippen MR) is 150 cm³/mol. The number of β-lactam (4-membered cyclic amide) rings is 1. The molecule has 0 radical (unpaired) electrons. The molecule has 0 aromatic carbocycles. The van der Waals surface area contributed by atoms with Gasteiger partial charge in [-0.25, -0.2) is 14.2 Å². The van der Waals surface area contributed by atoms with Gasteiger partial charge in [0, 0.05) is 38.9 Å². The van der Waals surface area contributed by atoms with E-state index in [-0.39, 0.29) is 40.0 Å². The van der Waals surface area contributed by atoms with Crippen LogP contribution < -0.4 is 16.8 Å². The fourth-order valence-electron chi connectivity index (χ4n) is 3.73. The van der Waals surface area contributed by atoms with Crippen molar-refractivity contribution >= 4 is 75.2 Å². The Morgan fingerprint density at radius 2 is 2.26 bits per heavy atom. The first-order valence-corrected chi connectivity index (χ1v) is 15.2. The van der Waals surface area contributed by atoms with Gasteiger partial charge in [0.05, 0.1) is 5.37 Å². The lowest BCUT2D eigenvalue weighted by Crippen LogP contribution is -2.71. The van der Waals surface area contributed by atoms with Gasteiger partial charge in [0.15, 0.2) is 10.8 Å². The first-order valence-electron chi connectivity index (χ1n) is 11.4. The molecule has 1 saturated heterocycles. The second-order valence-corrected chi connectivity index (χ2v) is 12.4. The Morgan fingerprint density at radius 1 is 1.46 bits per heavy atom. The van der Waals surface area contributed by atoms with Gasteiger partial charge in [-0.05, 0) is 11.8 Å². The Labute approximate surface area is 239 Å². The number of carbonyl (C=O) groups is 3. The molecule has 208 valence electrons. The zero-order valence-corrected chi connectivity index (χ0v) is 23.7. The number of hydrogen-bond acceptors (Lipinski definition) is 13. The average Bonchev–Trinajstić information content (AvgIpc) is 3.35. The summed E-state index contributed by atoms with van der Waals surface area (Å²) < 4.78 is 12.5. The summed E-state index contributed by atoms with van der Waals surface area (Å²) in [7, 11) is 0. The minimum Gasteiger partial charge on any atom is -0.477 e. The van der Waals surface area contributed by atoms with E-state index in [0.717, 1.165) is 27.5 Å². The minimum absolute atomic E-state index is 0.103. The number of pyridine rings is 1. The number of thioether (sulfide) groups is 3. The van der Waals surface area contributed by atoms with E-state index in [9.17, 15) is 23.9 Å². The van der Waals surface area contributed by atoms with Crippen LogP contribution in [0.2, 0.25) is 0 Å². The number of thiazole rings is 1. The second-order valence-electron chi connectivity index (χ2n) is 7.86. The number of nitrogen functional groups attached to an aromatic ring is 1. The molecular formula is C22H24FN7O5S4. The van der Waals surface area contributed by atoms with Gasteiger partial charge < -0.3 is 26.7 Å². The zero-order chi connectivity index (χ0) is 28.1. The first kappa shape index (κ1) is 29.1. The SMILES string of the molecule is CCSC(N)c1cnccc1SC1=C(C(=O)O)N2C(=O)[C@@H](NC(=O)C(=NOCCF)c3csc(N)n3)[C@@H]2SC1. The lowest BCUT2D eigenvalue weighted by atomic mass is 10.0. The third kappa shape index (κ3) is 6.32. The lowest BCUT2D eigenvalue weighted by Gasteiger charge is -2.49. The molecule has 6 N–H and O–H groups in total. The lowest BCUT2D eigenvalue weighted by molar-refractivity contribution is -0.150. The number of hydrogen-bond donors (Lipinski definition) is 4. The van der Waals surface area contributed by atoms with Gasteiger partial charge in [-0.3, -0.25) is 19.5 Å². The summed E-state index contributed by atoms with van der Waals surface area (Å²) in [6, 6.07) is 0.744. The molecule has 39 heavy (non-hydrogen) atoms.